The Morgan fingerprint density at radius 2 is 2.03 bits per heavy atom. The second kappa shape index (κ2) is 7.75. The van der Waals surface area contributed by atoms with E-state index < -0.39 is 5.91 Å². The van der Waals surface area contributed by atoms with E-state index in [0.717, 1.165) is 24.1 Å². The second-order valence-electron chi connectivity index (χ2n) is 7.02. The lowest BCUT2D eigenvalue weighted by molar-refractivity contribution is -0.127. The maximum Gasteiger partial charge on any atom is 0.252 e. The highest BCUT2D eigenvalue weighted by Crippen LogP contribution is 2.27. The summed E-state index contributed by atoms with van der Waals surface area (Å²) in [4.78, 5) is 25.8. The average molecular weight is 390 g/mol. The van der Waals surface area contributed by atoms with Crippen molar-refractivity contribution in [2.24, 2.45) is 5.73 Å². The largest absolute Gasteiger partial charge is 0.365 e. The lowest BCUT2D eigenvalue weighted by atomic mass is 10.1. The first-order valence-corrected chi connectivity index (χ1v) is 9.47. The smallest absolute Gasteiger partial charge is 0.252 e. The zero-order valence-corrected chi connectivity index (χ0v) is 15.9. The SMILES string of the molecule is C=CC(=O)N1CCCC(n2cc(C(N)=O)c(-c3ccc(-n4cccn4)cc3)n2)C1. The van der Waals surface area contributed by atoms with E-state index >= 15 is 0 Å². The van der Waals surface area contributed by atoms with Crippen molar-refractivity contribution >= 4 is 11.8 Å². The molecule has 4 rings (SSSR count). The summed E-state index contributed by atoms with van der Waals surface area (Å²) in [6.07, 6.45) is 8.32. The van der Waals surface area contributed by atoms with Crippen LogP contribution in [0.5, 0.6) is 0 Å². The fraction of sp³-hybridized carbons (Fsp3) is 0.238. The van der Waals surface area contributed by atoms with E-state index in [0.29, 0.717) is 24.3 Å². The van der Waals surface area contributed by atoms with Gasteiger partial charge in [-0.3, -0.25) is 14.3 Å². The van der Waals surface area contributed by atoms with E-state index in [1.807, 2.05) is 36.5 Å². The van der Waals surface area contributed by atoms with Crippen molar-refractivity contribution in [2.75, 3.05) is 13.1 Å². The third kappa shape index (κ3) is 3.69. The van der Waals surface area contributed by atoms with Gasteiger partial charge in [-0.2, -0.15) is 10.2 Å². The normalized spacial score (nSPS) is 16.6. The quantitative estimate of drug-likeness (QED) is 0.675. The molecule has 29 heavy (non-hydrogen) atoms. The maximum absolute atomic E-state index is 12.0. The summed E-state index contributed by atoms with van der Waals surface area (Å²) >= 11 is 0. The van der Waals surface area contributed by atoms with Crippen molar-refractivity contribution in [3.05, 3.63) is 67.1 Å². The number of piperidine rings is 1. The first-order valence-electron chi connectivity index (χ1n) is 9.47. The van der Waals surface area contributed by atoms with Crippen LogP contribution in [-0.2, 0) is 4.79 Å². The number of hydrogen-bond acceptors (Lipinski definition) is 4. The fourth-order valence-corrected chi connectivity index (χ4v) is 3.67. The molecule has 148 valence electrons. The third-order valence-corrected chi connectivity index (χ3v) is 5.16. The molecule has 1 unspecified atom stereocenters. The highest BCUT2D eigenvalue weighted by molar-refractivity contribution is 5.98. The average Bonchev–Trinajstić information content (AvgIpc) is 3.44. The molecule has 0 saturated carbocycles. The predicted octanol–water partition coefficient (Wildman–Crippen LogP) is 2.18. The number of amides is 2. The number of primary amides is 1. The lowest BCUT2D eigenvalue weighted by Gasteiger charge is -2.32. The number of nitrogens with two attached hydrogens (primary N) is 1. The zero-order chi connectivity index (χ0) is 20.4. The standard InChI is InChI=1S/C21H22N6O2/c1-2-19(28)25-11-3-5-17(13-25)27-14-18(21(22)29)20(24-27)15-6-8-16(9-7-15)26-12-4-10-23-26/h2,4,6-10,12,14,17H,1,3,5,11,13H2,(H2,22,29). The second-order valence-corrected chi connectivity index (χ2v) is 7.02. The minimum Gasteiger partial charge on any atom is -0.365 e. The summed E-state index contributed by atoms with van der Waals surface area (Å²) in [7, 11) is 0. The van der Waals surface area contributed by atoms with E-state index in [-0.39, 0.29) is 11.9 Å². The minimum atomic E-state index is -0.530. The van der Waals surface area contributed by atoms with Gasteiger partial charge >= 0.3 is 0 Å². The molecule has 1 saturated heterocycles. The zero-order valence-electron chi connectivity index (χ0n) is 15.9. The first-order chi connectivity index (χ1) is 14.1. The van der Waals surface area contributed by atoms with Crippen LogP contribution in [0.1, 0.15) is 29.2 Å². The van der Waals surface area contributed by atoms with E-state index in [2.05, 4.69) is 16.8 Å². The summed E-state index contributed by atoms with van der Waals surface area (Å²) in [6.45, 7) is 4.79. The van der Waals surface area contributed by atoms with Gasteiger partial charge in [0.2, 0.25) is 5.91 Å². The molecule has 2 aromatic heterocycles. The molecule has 1 aliphatic rings. The molecule has 3 aromatic rings. The molecule has 1 aromatic carbocycles. The Hall–Kier alpha value is -3.68. The summed E-state index contributed by atoms with van der Waals surface area (Å²) in [5.41, 5.74) is 8.22. The topological polar surface area (TPSA) is 99.0 Å². The van der Waals surface area contributed by atoms with Crippen molar-refractivity contribution in [1.82, 2.24) is 24.5 Å². The number of carbonyl (C=O) groups is 2. The van der Waals surface area contributed by atoms with Gasteiger partial charge < -0.3 is 10.6 Å². The van der Waals surface area contributed by atoms with Gasteiger partial charge in [-0.05, 0) is 37.1 Å². The Kier molecular flexibility index (Phi) is 4.99. The number of aromatic nitrogens is 4. The molecule has 0 bridgehead atoms. The number of rotatable bonds is 5. The van der Waals surface area contributed by atoms with Gasteiger partial charge in [0.15, 0.2) is 0 Å². The van der Waals surface area contributed by atoms with Crippen LogP contribution in [0, 0.1) is 0 Å². The highest BCUT2D eigenvalue weighted by Gasteiger charge is 2.26. The van der Waals surface area contributed by atoms with Gasteiger partial charge in [-0.1, -0.05) is 18.7 Å². The summed E-state index contributed by atoms with van der Waals surface area (Å²) < 4.78 is 3.52. The molecule has 2 amide bonds. The Bertz CT molecular complexity index is 1040. The van der Waals surface area contributed by atoms with Crippen molar-refractivity contribution in [1.29, 1.82) is 0 Å². The summed E-state index contributed by atoms with van der Waals surface area (Å²) in [6, 6.07) is 9.46. The van der Waals surface area contributed by atoms with Gasteiger partial charge in [0.05, 0.1) is 17.3 Å². The van der Waals surface area contributed by atoms with Gasteiger partial charge in [0.1, 0.15) is 5.69 Å². The van der Waals surface area contributed by atoms with Crippen LogP contribution in [0.25, 0.3) is 16.9 Å². The Morgan fingerprint density at radius 3 is 2.69 bits per heavy atom. The molecular weight excluding hydrogens is 368 g/mol. The highest BCUT2D eigenvalue weighted by atomic mass is 16.2. The van der Waals surface area contributed by atoms with Gasteiger partial charge in [-0.15, -0.1) is 0 Å². The molecule has 0 radical (unpaired) electrons. The molecule has 1 aliphatic heterocycles. The van der Waals surface area contributed by atoms with E-state index in [1.54, 1.807) is 26.7 Å². The van der Waals surface area contributed by atoms with E-state index in [9.17, 15) is 9.59 Å². The van der Waals surface area contributed by atoms with Crippen molar-refractivity contribution in [2.45, 2.75) is 18.9 Å². The fourth-order valence-electron chi connectivity index (χ4n) is 3.67. The molecule has 0 spiro atoms. The molecule has 1 fully saturated rings. The van der Waals surface area contributed by atoms with Gasteiger partial charge in [0.25, 0.3) is 5.91 Å². The molecular formula is C21H22N6O2. The van der Waals surface area contributed by atoms with Crippen molar-refractivity contribution in [3.8, 4) is 16.9 Å². The molecule has 2 N–H and O–H groups in total. The van der Waals surface area contributed by atoms with Crippen molar-refractivity contribution < 1.29 is 9.59 Å². The first kappa shape index (κ1) is 18.7. The Balaban J connectivity index is 1.64. The molecule has 8 heteroatoms. The number of carbonyl (C=O) groups excluding carboxylic acids is 2. The van der Waals surface area contributed by atoms with Gasteiger partial charge in [0, 0.05) is 37.2 Å². The third-order valence-electron chi connectivity index (χ3n) is 5.16. The Morgan fingerprint density at radius 1 is 1.24 bits per heavy atom. The summed E-state index contributed by atoms with van der Waals surface area (Å²) in [5.74, 6) is -0.622. The minimum absolute atomic E-state index is 0.0113. The van der Waals surface area contributed by atoms with Crippen LogP contribution in [0.2, 0.25) is 0 Å². The number of nitrogens with zero attached hydrogens (tertiary/aromatic N) is 5. The van der Waals surface area contributed by atoms with Crippen LogP contribution in [-0.4, -0.2) is 49.4 Å². The van der Waals surface area contributed by atoms with Crippen molar-refractivity contribution in [3.63, 3.8) is 0 Å². The monoisotopic (exact) mass is 390 g/mol. The number of benzene rings is 1. The molecule has 1 atom stereocenters. The van der Waals surface area contributed by atoms with Crippen LogP contribution >= 0.6 is 0 Å². The molecule has 3 heterocycles. The van der Waals surface area contributed by atoms with Crippen LogP contribution < -0.4 is 5.73 Å². The lowest BCUT2D eigenvalue weighted by Crippen LogP contribution is -2.40. The van der Waals surface area contributed by atoms with E-state index in [4.69, 9.17) is 5.73 Å². The maximum atomic E-state index is 12.0. The number of likely N-dealkylation sites (tertiary alicyclic amines) is 1. The summed E-state index contributed by atoms with van der Waals surface area (Å²) in [5, 5.41) is 8.88. The van der Waals surface area contributed by atoms with Gasteiger partial charge in [-0.25, -0.2) is 4.68 Å². The van der Waals surface area contributed by atoms with E-state index in [1.165, 1.54) is 6.08 Å². The van der Waals surface area contributed by atoms with Crippen LogP contribution in [0.3, 0.4) is 0 Å². The number of hydrogen-bond donors (Lipinski definition) is 1. The molecule has 8 nitrogen and oxygen atoms in total. The Labute approximate surface area is 168 Å². The predicted molar refractivity (Wildman–Crippen MR) is 108 cm³/mol. The van der Waals surface area contributed by atoms with Crippen LogP contribution in [0.15, 0.2) is 61.6 Å². The van der Waals surface area contributed by atoms with Crippen LogP contribution in [0.4, 0.5) is 0 Å². The molecule has 0 aliphatic carbocycles.